The Hall–Kier alpha value is -1.19. The number of methoxy groups -OCH3 is 1. The van der Waals surface area contributed by atoms with Gasteiger partial charge in [-0.15, -0.1) is 0 Å². The average Bonchev–Trinajstić information content (AvgIpc) is 3.64. The summed E-state index contributed by atoms with van der Waals surface area (Å²) in [5, 5.41) is 0. The molecule has 6 atom stereocenters. The number of carbonyl (C=O) groups is 1. The number of amides is 1. The van der Waals surface area contributed by atoms with Gasteiger partial charge in [-0.2, -0.15) is 0 Å². The maximum atomic E-state index is 13.0. The molecule has 0 bridgehead atoms. The molecule has 6 aliphatic rings. The van der Waals surface area contributed by atoms with E-state index in [2.05, 4.69) is 31.7 Å². The summed E-state index contributed by atoms with van der Waals surface area (Å²) in [5.41, 5.74) is 1.27. The molecule has 6 fully saturated rings. The van der Waals surface area contributed by atoms with Gasteiger partial charge in [0.25, 0.3) is 0 Å². The highest BCUT2D eigenvalue weighted by Crippen LogP contribution is 2.59. The second-order valence-electron chi connectivity index (χ2n) is 12.6. The van der Waals surface area contributed by atoms with E-state index in [1.165, 1.54) is 18.7 Å². The minimum Gasteiger partial charge on any atom is -0.443 e. The van der Waals surface area contributed by atoms with Gasteiger partial charge in [0, 0.05) is 38.7 Å². The molecule has 196 valence electrons. The Kier molecular flexibility index (Phi) is 6.00. The van der Waals surface area contributed by atoms with E-state index in [0.29, 0.717) is 11.3 Å². The fraction of sp³-hybridized carbons (Fsp3) is 0.889. The third-order valence-electron chi connectivity index (χ3n) is 9.49. The van der Waals surface area contributed by atoms with Crippen molar-refractivity contribution >= 4 is 6.09 Å². The number of likely N-dealkylation sites (tertiary alicyclic amines) is 2. The number of ether oxygens (including phenoxy) is 5. The number of nitrogens with zero attached hydrogens (tertiary/aromatic N) is 2. The van der Waals surface area contributed by atoms with Crippen molar-refractivity contribution in [2.45, 2.75) is 76.0 Å². The molecule has 0 aromatic heterocycles. The Labute approximate surface area is 209 Å². The molecular formula is C27H42N2O6. The molecule has 5 saturated heterocycles. The van der Waals surface area contributed by atoms with Crippen LogP contribution in [0.15, 0.2) is 11.6 Å². The molecule has 5 aliphatic heterocycles. The van der Waals surface area contributed by atoms with E-state index in [0.717, 1.165) is 65.1 Å². The van der Waals surface area contributed by atoms with Gasteiger partial charge in [0.1, 0.15) is 23.4 Å². The molecule has 1 amide bonds. The zero-order chi connectivity index (χ0) is 24.4. The molecule has 0 radical (unpaired) electrons. The summed E-state index contributed by atoms with van der Waals surface area (Å²) in [7, 11) is 1.73. The van der Waals surface area contributed by atoms with E-state index < -0.39 is 0 Å². The number of hydrogen-bond acceptors (Lipinski definition) is 7. The molecule has 0 aromatic carbocycles. The van der Waals surface area contributed by atoms with E-state index in [1.54, 1.807) is 7.11 Å². The molecule has 0 N–H and O–H groups in total. The fourth-order valence-corrected chi connectivity index (χ4v) is 7.17. The monoisotopic (exact) mass is 490 g/mol. The molecular weight excluding hydrogens is 448 g/mol. The van der Waals surface area contributed by atoms with E-state index in [1.807, 2.05) is 4.90 Å². The van der Waals surface area contributed by atoms with Crippen molar-refractivity contribution in [2.24, 2.45) is 17.3 Å². The zero-order valence-corrected chi connectivity index (χ0v) is 21.8. The van der Waals surface area contributed by atoms with Gasteiger partial charge in [-0.05, 0) is 58.9 Å². The predicted octanol–water partition coefficient (Wildman–Crippen LogP) is 2.85. The smallest absolute Gasteiger partial charge is 0.410 e. The number of allylic oxidation sites excluding steroid dienone is 1. The number of epoxide rings is 2. The van der Waals surface area contributed by atoms with Crippen molar-refractivity contribution in [1.82, 2.24) is 9.80 Å². The minimum atomic E-state index is -0.308. The number of rotatable bonds is 8. The van der Waals surface area contributed by atoms with Gasteiger partial charge in [0.2, 0.25) is 0 Å². The van der Waals surface area contributed by atoms with Gasteiger partial charge in [0.05, 0.1) is 31.8 Å². The maximum Gasteiger partial charge on any atom is 0.410 e. The van der Waals surface area contributed by atoms with Crippen molar-refractivity contribution in [3.05, 3.63) is 11.6 Å². The first-order valence-electron chi connectivity index (χ1n) is 13.5. The lowest BCUT2D eigenvalue weighted by Gasteiger charge is -2.55. The third kappa shape index (κ3) is 4.33. The second-order valence-corrected chi connectivity index (χ2v) is 12.6. The number of carbonyl (C=O) groups excluding carboxylic acids is 1. The Bertz CT molecular complexity index is 852. The molecule has 1 saturated carbocycles. The first kappa shape index (κ1) is 24.2. The van der Waals surface area contributed by atoms with Crippen LogP contribution in [0.2, 0.25) is 0 Å². The van der Waals surface area contributed by atoms with Crippen LogP contribution in [0.1, 0.15) is 46.5 Å². The molecule has 8 heteroatoms. The van der Waals surface area contributed by atoms with Gasteiger partial charge in [-0.25, -0.2) is 4.79 Å². The van der Waals surface area contributed by atoms with Crippen LogP contribution in [0.3, 0.4) is 0 Å². The van der Waals surface area contributed by atoms with E-state index in [4.69, 9.17) is 23.7 Å². The lowest BCUT2D eigenvalue weighted by Crippen LogP contribution is -2.66. The van der Waals surface area contributed by atoms with Crippen LogP contribution in [0.5, 0.6) is 0 Å². The van der Waals surface area contributed by atoms with Gasteiger partial charge in [0.15, 0.2) is 0 Å². The van der Waals surface area contributed by atoms with E-state index in [9.17, 15) is 4.79 Å². The molecule has 2 spiro atoms. The maximum absolute atomic E-state index is 13.0. The van der Waals surface area contributed by atoms with Crippen molar-refractivity contribution < 1.29 is 28.5 Å². The molecule has 5 heterocycles. The van der Waals surface area contributed by atoms with Crippen LogP contribution in [-0.4, -0.2) is 105 Å². The van der Waals surface area contributed by atoms with E-state index >= 15 is 0 Å². The highest BCUT2D eigenvalue weighted by atomic mass is 16.6. The van der Waals surface area contributed by atoms with Gasteiger partial charge < -0.3 is 33.5 Å². The van der Waals surface area contributed by atoms with Crippen LogP contribution in [0.4, 0.5) is 4.79 Å². The summed E-state index contributed by atoms with van der Waals surface area (Å²) in [4.78, 5) is 17.4. The van der Waals surface area contributed by atoms with Crippen LogP contribution < -0.4 is 0 Å². The zero-order valence-electron chi connectivity index (χ0n) is 21.8. The molecule has 1 aliphatic carbocycles. The second kappa shape index (κ2) is 8.69. The average molecular weight is 491 g/mol. The molecule has 0 aromatic rings. The summed E-state index contributed by atoms with van der Waals surface area (Å²) >= 11 is 0. The first-order valence-corrected chi connectivity index (χ1v) is 13.5. The van der Waals surface area contributed by atoms with Crippen LogP contribution in [0.25, 0.3) is 0 Å². The van der Waals surface area contributed by atoms with Crippen LogP contribution in [-0.2, 0) is 23.7 Å². The number of hydrogen-bond donors (Lipinski definition) is 0. The highest BCUT2D eigenvalue weighted by molar-refractivity contribution is 5.69. The van der Waals surface area contributed by atoms with Crippen LogP contribution in [0, 0.1) is 17.3 Å². The summed E-state index contributed by atoms with van der Waals surface area (Å²) in [5.74, 6) is 0.638. The van der Waals surface area contributed by atoms with Gasteiger partial charge in [-0.3, -0.25) is 0 Å². The summed E-state index contributed by atoms with van der Waals surface area (Å²) in [6.07, 6.45) is 5.41. The Morgan fingerprint density at radius 3 is 2.51 bits per heavy atom. The van der Waals surface area contributed by atoms with Gasteiger partial charge >= 0.3 is 6.09 Å². The summed E-state index contributed by atoms with van der Waals surface area (Å²) in [6, 6.07) is 0. The normalized spacial score (nSPS) is 41.7. The Morgan fingerprint density at radius 2 is 1.91 bits per heavy atom. The largest absolute Gasteiger partial charge is 0.443 e. The van der Waals surface area contributed by atoms with E-state index in [-0.39, 0.29) is 41.5 Å². The van der Waals surface area contributed by atoms with Gasteiger partial charge in [-0.1, -0.05) is 11.6 Å². The minimum absolute atomic E-state index is 0.0622. The quantitative estimate of drug-likeness (QED) is 0.383. The first-order chi connectivity index (χ1) is 16.8. The molecule has 35 heavy (non-hydrogen) atoms. The highest BCUT2D eigenvalue weighted by Gasteiger charge is 2.72. The third-order valence-corrected chi connectivity index (χ3v) is 9.49. The van der Waals surface area contributed by atoms with Crippen LogP contribution >= 0.6 is 0 Å². The SMILES string of the molecule is CO[C@H]1C([C@@]2(C)O[C@@H]2CC=C(C)C)[C@]2(CC[C@H]1OC(=O)N1CC(CCN3CC4(COC4)C3)C1)CO2. The van der Waals surface area contributed by atoms with Crippen molar-refractivity contribution in [1.29, 1.82) is 0 Å². The predicted molar refractivity (Wildman–Crippen MR) is 129 cm³/mol. The topological polar surface area (TPSA) is 76.3 Å². The standard InChI is InChI=1S/C27H42N2O6/c1-18(2)5-6-21-25(3,35-21)23-22(31-4)20(7-9-27(23)17-33-27)34-24(30)29-11-19(12-29)8-10-28-13-26(14-28)15-32-16-26/h5,19-23H,6-17H2,1-4H3/t20-,21-,22-,23?,25+,27+/m1/s1. The van der Waals surface area contributed by atoms with Crippen molar-refractivity contribution in [2.75, 3.05) is 59.7 Å². The van der Waals surface area contributed by atoms with Crippen molar-refractivity contribution in [3.63, 3.8) is 0 Å². The summed E-state index contributed by atoms with van der Waals surface area (Å²) in [6.45, 7) is 14.1. The Morgan fingerprint density at radius 1 is 1.17 bits per heavy atom. The molecule has 6 rings (SSSR count). The lowest BCUT2D eigenvalue weighted by atomic mass is 9.68. The molecule has 1 unspecified atom stereocenters. The fourth-order valence-electron chi connectivity index (χ4n) is 7.17. The Balaban J connectivity index is 0.998. The summed E-state index contributed by atoms with van der Waals surface area (Å²) < 4.78 is 29.7. The van der Waals surface area contributed by atoms with Crippen molar-refractivity contribution in [3.8, 4) is 0 Å². The molecule has 8 nitrogen and oxygen atoms in total. The lowest BCUT2D eigenvalue weighted by molar-refractivity contribution is -0.189.